The third-order valence-corrected chi connectivity index (χ3v) is 2.22. The van der Waals surface area contributed by atoms with E-state index in [-0.39, 0.29) is 6.54 Å². The Bertz CT molecular complexity index is 432. The Labute approximate surface area is 101 Å². The molecule has 7 heteroatoms. The minimum absolute atomic E-state index is 0.186. The maximum atomic E-state index is 13.5. The topological polar surface area (TPSA) is 55.1 Å². The maximum Gasteiger partial charge on any atom is 0.419 e. The van der Waals surface area contributed by atoms with Gasteiger partial charge in [0.2, 0.25) is 0 Å². The lowest BCUT2D eigenvalue weighted by molar-refractivity contribution is -0.140. The number of nitrogens with two attached hydrogens (primary N) is 1. The summed E-state index contributed by atoms with van der Waals surface area (Å²) in [7, 11) is 0. The molecule has 0 unspecified atom stereocenters. The van der Waals surface area contributed by atoms with Crippen LogP contribution in [0.1, 0.15) is 22.3 Å². The van der Waals surface area contributed by atoms with E-state index in [1.807, 2.05) is 0 Å². The zero-order valence-electron chi connectivity index (χ0n) is 9.35. The standard InChI is InChI=1S/C11H12F4N2O/c12-9-7(10(18)17-6-2-5-16)3-1-4-8(9)11(13,14)15/h1,3-4H,2,5-6,16H2,(H,17,18). The number of alkyl halides is 3. The summed E-state index contributed by atoms with van der Waals surface area (Å²) in [6.45, 7) is 0.510. The number of hydrogen-bond donors (Lipinski definition) is 2. The molecule has 1 aromatic carbocycles. The van der Waals surface area contributed by atoms with Crippen LogP contribution in [0.4, 0.5) is 17.6 Å². The van der Waals surface area contributed by atoms with E-state index in [0.29, 0.717) is 19.0 Å². The number of halogens is 4. The van der Waals surface area contributed by atoms with Gasteiger partial charge in [-0.15, -0.1) is 0 Å². The van der Waals surface area contributed by atoms with Crippen molar-refractivity contribution in [3.63, 3.8) is 0 Å². The fraction of sp³-hybridized carbons (Fsp3) is 0.364. The fourth-order valence-electron chi connectivity index (χ4n) is 1.33. The number of benzene rings is 1. The van der Waals surface area contributed by atoms with E-state index >= 15 is 0 Å². The van der Waals surface area contributed by atoms with E-state index in [2.05, 4.69) is 5.32 Å². The number of amides is 1. The van der Waals surface area contributed by atoms with Crippen molar-refractivity contribution in [2.75, 3.05) is 13.1 Å². The minimum atomic E-state index is -4.82. The lowest BCUT2D eigenvalue weighted by atomic mass is 10.1. The second kappa shape index (κ2) is 5.81. The lowest BCUT2D eigenvalue weighted by Crippen LogP contribution is -2.27. The number of carbonyl (C=O) groups is 1. The molecular weight excluding hydrogens is 252 g/mol. The summed E-state index contributed by atoms with van der Waals surface area (Å²) < 4.78 is 50.8. The van der Waals surface area contributed by atoms with Gasteiger partial charge in [0.05, 0.1) is 11.1 Å². The highest BCUT2D eigenvalue weighted by Crippen LogP contribution is 2.32. The highest BCUT2D eigenvalue weighted by atomic mass is 19.4. The van der Waals surface area contributed by atoms with Crippen molar-refractivity contribution in [3.8, 4) is 0 Å². The first kappa shape index (κ1) is 14.4. The predicted octanol–water partition coefficient (Wildman–Crippen LogP) is 1.92. The van der Waals surface area contributed by atoms with E-state index < -0.39 is 29.0 Å². The third-order valence-electron chi connectivity index (χ3n) is 2.22. The van der Waals surface area contributed by atoms with E-state index in [1.54, 1.807) is 0 Å². The van der Waals surface area contributed by atoms with Gasteiger partial charge in [0, 0.05) is 6.54 Å². The van der Waals surface area contributed by atoms with Gasteiger partial charge in [-0.1, -0.05) is 6.07 Å². The summed E-state index contributed by atoms with van der Waals surface area (Å²) in [4.78, 5) is 11.5. The molecule has 0 radical (unpaired) electrons. The van der Waals surface area contributed by atoms with Crippen molar-refractivity contribution in [2.45, 2.75) is 12.6 Å². The summed E-state index contributed by atoms with van der Waals surface area (Å²) in [5.41, 5.74) is 3.12. The maximum absolute atomic E-state index is 13.5. The van der Waals surface area contributed by atoms with Gasteiger partial charge in [0.25, 0.3) is 5.91 Å². The molecule has 0 heterocycles. The third kappa shape index (κ3) is 3.43. The summed E-state index contributed by atoms with van der Waals surface area (Å²) in [5.74, 6) is -2.44. The van der Waals surface area contributed by atoms with Crippen LogP contribution in [0.15, 0.2) is 18.2 Å². The zero-order valence-corrected chi connectivity index (χ0v) is 9.35. The summed E-state index contributed by atoms with van der Waals surface area (Å²) in [6.07, 6.45) is -4.36. The molecule has 0 aliphatic carbocycles. The van der Waals surface area contributed by atoms with Crippen molar-refractivity contribution in [1.29, 1.82) is 0 Å². The van der Waals surface area contributed by atoms with Crippen LogP contribution in [-0.2, 0) is 6.18 Å². The summed E-state index contributed by atoms with van der Waals surface area (Å²) in [5, 5.41) is 2.29. The fourth-order valence-corrected chi connectivity index (χ4v) is 1.33. The molecule has 100 valence electrons. The van der Waals surface area contributed by atoms with Gasteiger partial charge < -0.3 is 11.1 Å². The van der Waals surface area contributed by atoms with E-state index in [0.717, 1.165) is 12.1 Å². The van der Waals surface area contributed by atoms with Crippen LogP contribution in [0.2, 0.25) is 0 Å². The van der Waals surface area contributed by atoms with Gasteiger partial charge in [0.1, 0.15) is 5.82 Å². The molecule has 0 saturated heterocycles. The van der Waals surface area contributed by atoms with E-state index in [4.69, 9.17) is 5.73 Å². The second-order valence-corrected chi connectivity index (χ2v) is 3.56. The second-order valence-electron chi connectivity index (χ2n) is 3.56. The van der Waals surface area contributed by atoms with Crippen molar-refractivity contribution < 1.29 is 22.4 Å². The average molecular weight is 264 g/mol. The Balaban J connectivity index is 2.93. The highest BCUT2D eigenvalue weighted by molar-refractivity contribution is 5.94. The predicted molar refractivity (Wildman–Crippen MR) is 57.4 cm³/mol. The molecule has 0 saturated carbocycles. The quantitative estimate of drug-likeness (QED) is 0.645. The molecule has 0 bridgehead atoms. The zero-order chi connectivity index (χ0) is 13.8. The first-order chi connectivity index (χ1) is 8.38. The molecular formula is C11H12F4N2O. The van der Waals surface area contributed by atoms with Crippen LogP contribution < -0.4 is 11.1 Å². The molecule has 1 amide bonds. The first-order valence-corrected chi connectivity index (χ1v) is 5.22. The number of nitrogens with one attached hydrogen (secondary N) is 1. The minimum Gasteiger partial charge on any atom is -0.352 e. The van der Waals surface area contributed by atoms with E-state index in [1.165, 1.54) is 0 Å². The molecule has 18 heavy (non-hydrogen) atoms. The molecule has 0 spiro atoms. The van der Waals surface area contributed by atoms with Gasteiger partial charge in [-0.2, -0.15) is 13.2 Å². The summed E-state index contributed by atoms with van der Waals surface area (Å²) in [6, 6.07) is 2.58. The van der Waals surface area contributed by atoms with Crippen molar-refractivity contribution >= 4 is 5.91 Å². The van der Waals surface area contributed by atoms with Crippen LogP contribution in [-0.4, -0.2) is 19.0 Å². The smallest absolute Gasteiger partial charge is 0.352 e. The van der Waals surface area contributed by atoms with Gasteiger partial charge in [-0.25, -0.2) is 4.39 Å². The first-order valence-electron chi connectivity index (χ1n) is 5.22. The van der Waals surface area contributed by atoms with Crippen LogP contribution >= 0.6 is 0 Å². The highest BCUT2D eigenvalue weighted by Gasteiger charge is 2.35. The Morgan fingerprint density at radius 3 is 2.56 bits per heavy atom. The number of rotatable bonds is 4. The van der Waals surface area contributed by atoms with Gasteiger partial charge in [0.15, 0.2) is 0 Å². The van der Waals surface area contributed by atoms with Crippen LogP contribution in [0.25, 0.3) is 0 Å². The molecule has 1 rings (SSSR count). The largest absolute Gasteiger partial charge is 0.419 e. The van der Waals surface area contributed by atoms with Gasteiger partial charge in [-0.3, -0.25) is 4.79 Å². The Kier molecular flexibility index (Phi) is 4.66. The molecule has 0 aliphatic rings. The van der Waals surface area contributed by atoms with Gasteiger partial charge >= 0.3 is 6.18 Å². The molecule has 3 N–H and O–H groups in total. The van der Waals surface area contributed by atoms with Crippen LogP contribution in [0, 0.1) is 5.82 Å². The lowest BCUT2D eigenvalue weighted by Gasteiger charge is -2.11. The number of carbonyl (C=O) groups excluding carboxylic acids is 1. The molecule has 0 fully saturated rings. The molecule has 3 nitrogen and oxygen atoms in total. The molecule has 1 aromatic rings. The van der Waals surface area contributed by atoms with Crippen molar-refractivity contribution in [1.82, 2.24) is 5.32 Å². The van der Waals surface area contributed by atoms with Crippen molar-refractivity contribution in [3.05, 3.63) is 35.1 Å². The Morgan fingerprint density at radius 1 is 1.33 bits per heavy atom. The van der Waals surface area contributed by atoms with Gasteiger partial charge in [-0.05, 0) is 25.1 Å². The van der Waals surface area contributed by atoms with Crippen LogP contribution in [0.3, 0.4) is 0 Å². The number of hydrogen-bond acceptors (Lipinski definition) is 2. The average Bonchev–Trinajstić information content (AvgIpc) is 2.28. The van der Waals surface area contributed by atoms with Crippen molar-refractivity contribution in [2.24, 2.45) is 5.73 Å². The van der Waals surface area contributed by atoms with E-state index in [9.17, 15) is 22.4 Å². The molecule has 0 aliphatic heterocycles. The monoisotopic (exact) mass is 264 g/mol. The SMILES string of the molecule is NCCCNC(=O)c1cccc(C(F)(F)F)c1F. The van der Waals surface area contributed by atoms with Crippen LogP contribution in [0.5, 0.6) is 0 Å². The summed E-state index contributed by atoms with van der Waals surface area (Å²) >= 11 is 0. The normalized spacial score (nSPS) is 11.4. The Hall–Kier alpha value is -1.63. The Morgan fingerprint density at radius 2 is 2.00 bits per heavy atom. The molecule has 0 aromatic heterocycles. The molecule has 0 atom stereocenters.